The van der Waals surface area contributed by atoms with Crippen molar-refractivity contribution < 1.29 is 0 Å². The van der Waals surface area contributed by atoms with Gasteiger partial charge in [0.1, 0.15) is 0 Å². The molecule has 1 nitrogen and oxygen atoms in total. The second-order valence-electron chi connectivity index (χ2n) is 4.54. The zero-order chi connectivity index (χ0) is 10.8. The van der Waals surface area contributed by atoms with E-state index in [0.29, 0.717) is 0 Å². The Bertz CT molecular complexity index is 478. The topological polar surface area (TPSA) is 12.9 Å². The van der Waals surface area contributed by atoms with Crippen molar-refractivity contribution in [3.05, 3.63) is 48.0 Å². The monoisotopic (exact) mass is 210 g/mol. The minimum atomic E-state index is 1.12. The Hall–Kier alpha value is -1.37. The summed E-state index contributed by atoms with van der Waals surface area (Å²) in [5.41, 5.74) is 2.56. The Morgan fingerprint density at radius 2 is 1.75 bits per heavy atom. The van der Waals surface area contributed by atoms with Crippen molar-refractivity contribution in [3.63, 3.8) is 0 Å². The average molecular weight is 210 g/mol. The summed E-state index contributed by atoms with van der Waals surface area (Å²) >= 11 is 0. The van der Waals surface area contributed by atoms with Crippen LogP contribution in [0.3, 0.4) is 0 Å². The Morgan fingerprint density at radius 3 is 2.62 bits per heavy atom. The smallest absolute Gasteiger partial charge is 0.0704 e. The van der Waals surface area contributed by atoms with Gasteiger partial charge in [-0.3, -0.25) is 4.98 Å². The highest BCUT2D eigenvalue weighted by atomic mass is 14.6. The molecule has 0 saturated heterocycles. The van der Waals surface area contributed by atoms with Crippen LogP contribution in [0.1, 0.15) is 37.7 Å². The van der Waals surface area contributed by atoms with E-state index in [0.717, 1.165) is 5.52 Å². The van der Waals surface area contributed by atoms with Crippen LogP contribution in [0.25, 0.3) is 10.9 Å². The molecule has 0 spiro atoms. The molecule has 0 unspecified atom stereocenters. The summed E-state index contributed by atoms with van der Waals surface area (Å²) in [6, 6.07) is 10.7. The van der Waals surface area contributed by atoms with Crippen molar-refractivity contribution in [2.75, 3.05) is 0 Å². The number of aromatic nitrogens is 1. The largest absolute Gasteiger partial charge is 0.256 e. The number of pyridine rings is 1. The van der Waals surface area contributed by atoms with E-state index in [-0.39, 0.29) is 0 Å². The molecular weight excluding hydrogens is 194 g/mol. The van der Waals surface area contributed by atoms with Gasteiger partial charge in [0.2, 0.25) is 0 Å². The van der Waals surface area contributed by atoms with E-state index in [1.54, 1.807) is 5.92 Å². The summed E-state index contributed by atoms with van der Waals surface area (Å²) in [7, 11) is 0. The fourth-order valence-electron chi connectivity index (χ4n) is 2.66. The van der Waals surface area contributed by atoms with Crippen LogP contribution in [-0.4, -0.2) is 4.98 Å². The highest BCUT2D eigenvalue weighted by Crippen LogP contribution is 2.34. The molecule has 1 fully saturated rings. The van der Waals surface area contributed by atoms with E-state index < -0.39 is 0 Å². The number of rotatable bonds is 1. The summed E-state index contributed by atoms with van der Waals surface area (Å²) in [5, 5.41) is 1.32. The first-order valence-electron chi connectivity index (χ1n) is 6.14. The molecule has 16 heavy (non-hydrogen) atoms. The van der Waals surface area contributed by atoms with Crippen LogP contribution in [0.15, 0.2) is 36.5 Å². The molecule has 1 radical (unpaired) electrons. The predicted molar refractivity (Wildman–Crippen MR) is 67.2 cm³/mol. The molecule has 1 aromatic heterocycles. The molecule has 3 rings (SSSR count). The number of hydrogen-bond donors (Lipinski definition) is 0. The fourth-order valence-corrected chi connectivity index (χ4v) is 2.66. The molecule has 1 heteroatoms. The molecule has 0 aliphatic heterocycles. The van der Waals surface area contributed by atoms with Crippen molar-refractivity contribution >= 4 is 10.9 Å². The zero-order valence-electron chi connectivity index (χ0n) is 9.45. The molecular formula is C15H16N. The van der Waals surface area contributed by atoms with Gasteiger partial charge < -0.3 is 0 Å². The second kappa shape index (κ2) is 4.25. The van der Waals surface area contributed by atoms with Crippen molar-refractivity contribution in [1.82, 2.24) is 4.98 Å². The molecule has 1 aliphatic rings. The molecule has 81 valence electrons. The van der Waals surface area contributed by atoms with Crippen LogP contribution in [0.2, 0.25) is 0 Å². The van der Waals surface area contributed by atoms with Crippen LogP contribution in [0.4, 0.5) is 0 Å². The summed E-state index contributed by atoms with van der Waals surface area (Å²) in [6.45, 7) is 0. The van der Waals surface area contributed by atoms with E-state index >= 15 is 0 Å². The Morgan fingerprint density at radius 1 is 0.875 bits per heavy atom. The van der Waals surface area contributed by atoms with E-state index in [2.05, 4.69) is 29.2 Å². The molecule has 0 amide bonds. The van der Waals surface area contributed by atoms with E-state index in [1.165, 1.54) is 43.1 Å². The van der Waals surface area contributed by atoms with Crippen LogP contribution < -0.4 is 0 Å². The molecule has 0 N–H and O–H groups in total. The normalized spacial score (nSPS) is 17.8. The third kappa shape index (κ3) is 1.71. The van der Waals surface area contributed by atoms with E-state index in [4.69, 9.17) is 0 Å². The lowest BCUT2D eigenvalue weighted by Gasteiger charge is -2.22. The molecule has 0 bridgehead atoms. The van der Waals surface area contributed by atoms with Gasteiger partial charge in [0, 0.05) is 17.5 Å². The van der Waals surface area contributed by atoms with Gasteiger partial charge in [-0.1, -0.05) is 37.5 Å². The van der Waals surface area contributed by atoms with E-state index in [1.807, 2.05) is 12.3 Å². The number of hydrogen-bond acceptors (Lipinski definition) is 1. The summed E-state index contributed by atoms with van der Waals surface area (Å²) in [6.07, 6.45) is 8.52. The third-order valence-electron chi connectivity index (χ3n) is 3.48. The van der Waals surface area contributed by atoms with Crippen molar-refractivity contribution in [3.8, 4) is 0 Å². The van der Waals surface area contributed by atoms with Crippen molar-refractivity contribution in [2.24, 2.45) is 0 Å². The Kier molecular flexibility index (Phi) is 2.61. The molecule has 2 aromatic rings. The molecule has 1 heterocycles. The van der Waals surface area contributed by atoms with Gasteiger partial charge in [-0.05, 0) is 30.5 Å². The van der Waals surface area contributed by atoms with Crippen LogP contribution in [0, 0.1) is 5.92 Å². The van der Waals surface area contributed by atoms with Gasteiger partial charge in [-0.15, -0.1) is 0 Å². The van der Waals surface area contributed by atoms with Gasteiger partial charge in [0.15, 0.2) is 0 Å². The average Bonchev–Trinajstić information content (AvgIpc) is 2.39. The molecule has 0 atom stereocenters. The van der Waals surface area contributed by atoms with Crippen LogP contribution in [-0.2, 0) is 0 Å². The molecule has 1 aliphatic carbocycles. The zero-order valence-corrected chi connectivity index (χ0v) is 9.45. The van der Waals surface area contributed by atoms with E-state index in [9.17, 15) is 0 Å². The van der Waals surface area contributed by atoms with Crippen LogP contribution in [0.5, 0.6) is 0 Å². The first-order chi connectivity index (χ1) is 7.95. The van der Waals surface area contributed by atoms with Gasteiger partial charge in [0.05, 0.1) is 5.52 Å². The fraction of sp³-hybridized carbons (Fsp3) is 0.333. The van der Waals surface area contributed by atoms with Gasteiger partial charge in [-0.25, -0.2) is 0 Å². The Balaban J connectivity index is 2.08. The third-order valence-corrected chi connectivity index (χ3v) is 3.48. The predicted octanol–water partition coefficient (Wildman–Crippen LogP) is 4.12. The molecule has 1 aromatic carbocycles. The minimum Gasteiger partial charge on any atom is -0.256 e. The van der Waals surface area contributed by atoms with Gasteiger partial charge in [0.25, 0.3) is 0 Å². The van der Waals surface area contributed by atoms with Crippen LogP contribution >= 0.6 is 0 Å². The van der Waals surface area contributed by atoms with Crippen molar-refractivity contribution in [2.45, 2.75) is 32.1 Å². The standard InChI is InChI=1S/C15H16N/c1-2-6-12(7-3-1)13-8-4-10-15-14(13)9-5-11-16-15/h4-5,8-11H,1-3,6-7H2. The van der Waals surface area contributed by atoms with Gasteiger partial charge >= 0.3 is 0 Å². The molecule has 1 saturated carbocycles. The first kappa shape index (κ1) is 9.83. The highest BCUT2D eigenvalue weighted by Gasteiger charge is 2.17. The summed E-state index contributed by atoms with van der Waals surface area (Å²) < 4.78 is 0. The lowest BCUT2D eigenvalue weighted by molar-refractivity contribution is 0.552. The quantitative estimate of drug-likeness (QED) is 0.690. The lowest BCUT2D eigenvalue weighted by atomic mass is 9.82. The maximum Gasteiger partial charge on any atom is 0.0704 e. The maximum absolute atomic E-state index is 4.42. The first-order valence-corrected chi connectivity index (χ1v) is 6.14. The minimum absolute atomic E-state index is 1.12. The lowest BCUT2D eigenvalue weighted by Crippen LogP contribution is -2.06. The maximum atomic E-state index is 4.42. The number of benzene rings is 1. The highest BCUT2D eigenvalue weighted by molar-refractivity contribution is 5.84. The second-order valence-corrected chi connectivity index (χ2v) is 4.54. The summed E-state index contributed by atoms with van der Waals surface area (Å²) in [4.78, 5) is 4.42. The Labute approximate surface area is 96.5 Å². The number of fused-ring (bicyclic) bond motifs is 1. The van der Waals surface area contributed by atoms with Crippen molar-refractivity contribution in [1.29, 1.82) is 0 Å². The van der Waals surface area contributed by atoms with Gasteiger partial charge in [-0.2, -0.15) is 0 Å². The summed E-state index contributed by atoms with van der Waals surface area (Å²) in [5.74, 6) is 1.63. The SMILES string of the molecule is c1cc([C]2CCCCC2)c2cccnc2c1. The number of nitrogens with zero attached hydrogens (tertiary/aromatic N) is 1.